The van der Waals surface area contributed by atoms with Gasteiger partial charge in [-0.25, -0.2) is 0 Å². The number of fused-ring (bicyclic) bond motifs is 1. The fourth-order valence-corrected chi connectivity index (χ4v) is 2.66. The molecule has 2 heterocycles. The Balaban J connectivity index is 2.04. The van der Waals surface area contributed by atoms with Gasteiger partial charge in [-0.15, -0.1) is 0 Å². The second kappa shape index (κ2) is 4.52. The fraction of sp³-hybridized carbons (Fsp3) is 0.200. The van der Waals surface area contributed by atoms with Crippen molar-refractivity contribution < 1.29 is 9.90 Å². The van der Waals surface area contributed by atoms with E-state index in [1.807, 2.05) is 19.1 Å². The summed E-state index contributed by atoms with van der Waals surface area (Å²) >= 11 is 0. The van der Waals surface area contributed by atoms with Crippen LogP contribution in [-0.2, 0) is 6.42 Å². The molecule has 0 bridgehead atoms. The number of anilines is 2. The average molecular weight is 269 g/mol. The first-order chi connectivity index (χ1) is 9.58. The van der Waals surface area contributed by atoms with E-state index in [0.717, 1.165) is 17.7 Å². The van der Waals surface area contributed by atoms with Crippen LogP contribution < -0.4 is 10.6 Å². The number of nitrogen functional groups attached to an aromatic ring is 1. The second-order valence-corrected chi connectivity index (χ2v) is 5.01. The standard InChI is InChI=1S/C15H15N3O2/c1-9-6-10-7-11(16)2-3-13(10)18(9)15(20)12-4-5-17-8-14(12)19/h2-5,7-9,19H,6,16H2,1H3. The molecule has 3 rings (SSSR count). The number of pyridine rings is 1. The minimum atomic E-state index is -0.221. The molecule has 5 nitrogen and oxygen atoms in total. The predicted molar refractivity (Wildman–Crippen MR) is 76.7 cm³/mol. The molecule has 1 aromatic carbocycles. The molecule has 3 N–H and O–H groups in total. The summed E-state index contributed by atoms with van der Waals surface area (Å²) in [5.41, 5.74) is 8.64. The molecule has 1 amide bonds. The van der Waals surface area contributed by atoms with E-state index >= 15 is 0 Å². The molecule has 1 unspecified atom stereocenters. The lowest BCUT2D eigenvalue weighted by Gasteiger charge is -2.23. The molecule has 0 spiro atoms. The molecule has 0 radical (unpaired) electrons. The average Bonchev–Trinajstić information content (AvgIpc) is 2.73. The Morgan fingerprint density at radius 1 is 1.45 bits per heavy atom. The van der Waals surface area contributed by atoms with Gasteiger partial charge in [0.05, 0.1) is 11.8 Å². The van der Waals surface area contributed by atoms with Crippen LogP contribution in [0.1, 0.15) is 22.8 Å². The molecule has 0 saturated carbocycles. The van der Waals surface area contributed by atoms with Gasteiger partial charge in [-0.05, 0) is 43.2 Å². The number of amides is 1. The van der Waals surface area contributed by atoms with E-state index < -0.39 is 0 Å². The first kappa shape index (κ1) is 12.5. The van der Waals surface area contributed by atoms with E-state index in [0.29, 0.717) is 5.69 Å². The third-order valence-corrected chi connectivity index (χ3v) is 3.57. The van der Waals surface area contributed by atoms with Crippen molar-refractivity contribution in [2.45, 2.75) is 19.4 Å². The summed E-state index contributed by atoms with van der Waals surface area (Å²) in [6, 6.07) is 7.09. The highest BCUT2D eigenvalue weighted by Crippen LogP contribution is 2.35. The van der Waals surface area contributed by atoms with Gasteiger partial charge in [-0.2, -0.15) is 0 Å². The number of nitrogens with two attached hydrogens (primary N) is 1. The van der Waals surface area contributed by atoms with Gasteiger partial charge in [0.15, 0.2) is 0 Å². The molecular formula is C15H15N3O2. The molecular weight excluding hydrogens is 254 g/mol. The predicted octanol–water partition coefficient (Wildman–Crippen LogP) is 1.96. The summed E-state index contributed by atoms with van der Waals surface area (Å²) < 4.78 is 0. The number of aromatic hydroxyl groups is 1. The minimum absolute atomic E-state index is 0.0341. The highest BCUT2D eigenvalue weighted by molar-refractivity contribution is 6.09. The van der Waals surface area contributed by atoms with Gasteiger partial charge in [0, 0.05) is 23.6 Å². The van der Waals surface area contributed by atoms with Crippen molar-refractivity contribution in [2.24, 2.45) is 0 Å². The summed E-state index contributed by atoms with van der Waals surface area (Å²) in [6.07, 6.45) is 3.54. The zero-order valence-electron chi connectivity index (χ0n) is 11.1. The number of hydrogen-bond donors (Lipinski definition) is 2. The van der Waals surface area contributed by atoms with Crippen molar-refractivity contribution in [1.82, 2.24) is 4.98 Å². The van der Waals surface area contributed by atoms with Crippen LogP contribution in [0.15, 0.2) is 36.7 Å². The minimum Gasteiger partial charge on any atom is -0.505 e. The van der Waals surface area contributed by atoms with Crippen molar-refractivity contribution in [3.8, 4) is 5.75 Å². The van der Waals surface area contributed by atoms with E-state index in [-0.39, 0.29) is 23.3 Å². The Kier molecular flexibility index (Phi) is 2.82. The maximum Gasteiger partial charge on any atom is 0.262 e. The summed E-state index contributed by atoms with van der Waals surface area (Å²) in [7, 11) is 0. The Labute approximate surface area is 116 Å². The molecule has 0 fully saturated rings. The van der Waals surface area contributed by atoms with Crippen molar-refractivity contribution in [3.63, 3.8) is 0 Å². The molecule has 0 aliphatic carbocycles. The van der Waals surface area contributed by atoms with Crippen molar-refractivity contribution in [3.05, 3.63) is 47.8 Å². The molecule has 5 heteroatoms. The molecule has 20 heavy (non-hydrogen) atoms. The number of rotatable bonds is 1. The van der Waals surface area contributed by atoms with Gasteiger partial charge >= 0.3 is 0 Å². The molecule has 1 aliphatic heterocycles. The van der Waals surface area contributed by atoms with Crippen LogP contribution in [0.4, 0.5) is 11.4 Å². The van der Waals surface area contributed by atoms with Crippen molar-refractivity contribution >= 4 is 17.3 Å². The smallest absolute Gasteiger partial charge is 0.262 e. The normalized spacial score (nSPS) is 17.1. The molecule has 1 aliphatic rings. The van der Waals surface area contributed by atoms with Gasteiger partial charge in [0.25, 0.3) is 5.91 Å². The summed E-state index contributed by atoms with van der Waals surface area (Å²) in [4.78, 5) is 18.1. The van der Waals surface area contributed by atoms with Crippen LogP contribution in [0.3, 0.4) is 0 Å². The number of carbonyl (C=O) groups excluding carboxylic acids is 1. The lowest BCUT2D eigenvalue weighted by molar-refractivity contribution is 0.0978. The highest BCUT2D eigenvalue weighted by atomic mass is 16.3. The quantitative estimate of drug-likeness (QED) is 0.776. The van der Waals surface area contributed by atoms with Crippen LogP contribution >= 0.6 is 0 Å². The number of carbonyl (C=O) groups is 1. The Morgan fingerprint density at radius 2 is 2.25 bits per heavy atom. The lowest BCUT2D eigenvalue weighted by Crippen LogP contribution is -2.35. The van der Waals surface area contributed by atoms with Gasteiger partial charge in [-0.1, -0.05) is 0 Å². The topological polar surface area (TPSA) is 79.5 Å². The molecule has 102 valence electrons. The highest BCUT2D eigenvalue weighted by Gasteiger charge is 2.32. The Morgan fingerprint density at radius 3 is 3.00 bits per heavy atom. The van der Waals surface area contributed by atoms with Crippen molar-refractivity contribution in [2.75, 3.05) is 10.6 Å². The van der Waals surface area contributed by atoms with E-state index in [1.165, 1.54) is 18.5 Å². The van der Waals surface area contributed by atoms with Crippen LogP contribution in [0, 0.1) is 0 Å². The first-order valence-corrected chi connectivity index (χ1v) is 6.43. The Hall–Kier alpha value is -2.56. The van der Waals surface area contributed by atoms with Crippen LogP contribution in [0.2, 0.25) is 0 Å². The lowest BCUT2D eigenvalue weighted by atomic mass is 10.1. The van der Waals surface area contributed by atoms with Gasteiger partial charge in [0.1, 0.15) is 5.75 Å². The SMILES string of the molecule is CC1Cc2cc(N)ccc2N1C(=O)c1ccncc1O. The van der Waals surface area contributed by atoms with E-state index in [1.54, 1.807) is 11.0 Å². The van der Waals surface area contributed by atoms with Gasteiger partial charge in [0.2, 0.25) is 0 Å². The third-order valence-electron chi connectivity index (χ3n) is 3.57. The molecule has 0 saturated heterocycles. The maximum atomic E-state index is 12.6. The van der Waals surface area contributed by atoms with Crippen LogP contribution in [0.25, 0.3) is 0 Å². The van der Waals surface area contributed by atoms with Crippen LogP contribution in [-0.4, -0.2) is 22.0 Å². The van der Waals surface area contributed by atoms with Gasteiger partial charge in [-0.3, -0.25) is 9.78 Å². The summed E-state index contributed by atoms with van der Waals surface area (Å²) in [5.74, 6) is -0.325. The third kappa shape index (κ3) is 1.87. The Bertz CT molecular complexity index is 685. The van der Waals surface area contributed by atoms with E-state index in [9.17, 15) is 9.90 Å². The zero-order valence-corrected chi connectivity index (χ0v) is 11.1. The molecule has 1 atom stereocenters. The monoisotopic (exact) mass is 269 g/mol. The fourth-order valence-electron chi connectivity index (χ4n) is 2.66. The zero-order chi connectivity index (χ0) is 14.3. The summed E-state index contributed by atoms with van der Waals surface area (Å²) in [6.45, 7) is 1.98. The van der Waals surface area contributed by atoms with Crippen molar-refractivity contribution in [1.29, 1.82) is 0 Å². The van der Waals surface area contributed by atoms with Gasteiger partial charge < -0.3 is 15.7 Å². The maximum absolute atomic E-state index is 12.6. The number of benzene rings is 1. The van der Waals surface area contributed by atoms with Crippen LogP contribution in [0.5, 0.6) is 5.75 Å². The number of aromatic nitrogens is 1. The molecule has 2 aromatic rings. The van der Waals surface area contributed by atoms with E-state index in [2.05, 4.69) is 4.98 Å². The van der Waals surface area contributed by atoms with E-state index in [4.69, 9.17) is 5.73 Å². The largest absolute Gasteiger partial charge is 0.505 e. The second-order valence-electron chi connectivity index (χ2n) is 5.01. The molecule has 1 aromatic heterocycles. The number of nitrogens with zero attached hydrogens (tertiary/aromatic N) is 2. The summed E-state index contributed by atoms with van der Waals surface area (Å²) in [5, 5.41) is 9.79. The first-order valence-electron chi connectivity index (χ1n) is 6.43. The number of hydrogen-bond acceptors (Lipinski definition) is 4.